The van der Waals surface area contributed by atoms with Crippen molar-refractivity contribution in [3.63, 3.8) is 0 Å². The Bertz CT molecular complexity index is 1330. The highest BCUT2D eigenvalue weighted by Crippen LogP contribution is 2.33. The first-order chi connectivity index (χ1) is 16.9. The number of amides is 1. The molecule has 1 amide bonds. The molecule has 0 radical (unpaired) electrons. The van der Waals surface area contributed by atoms with Gasteiger partial charge >= 0.3 is 0 Å². The fourth-order valence-corrected chi connectivity index (χ4v) is 5.48. The van der Waals surface area contributed by atoms with Crippen LogP contribution in [-0.4, -0.2) is 44.1 Å². The molecule has 0 bridgehead atoms. The van der Waals surface area contributed by atoms with Crippen LogP contribution in [0.4, 0.5) is 5.82 Å². The number of carbonyl (C=O) groups excluding carboxylic acids is 1. The van der Waals surface area contributed by atoms with E-state index in [0.717, 1.165) is 37.1 Å². The van der Waals surface area contributed by atoms with Crippen LogP contribution in [0.25, 0.3) is 11.7 Å². The van der Waals surface area contributed by atoms with E-state index in [1.807, 2.05) is 49.4 Å². The van der Waals surface area contributed by atoms with Crippen LogP contribution < -0.4 is 10.5 Å². The van der Waals surface area contributed by atoms with Crippen molar-refractivity contribution < 1.29 is 4.79 Å². The fraction of sp³-hybridized carbons (Fsp3) is 0.333. The van der Waals surface area contributed by atoms with Gasteiger partial charge in [0.1, 0.15) is 15.8 Å². The number of nitrogens with zero attached hydrogens (tertiary/aromatic N) is 4. The second-order valence-corrected chi connectivity index (χ2v) is 10.3. The molecule has 0 atom stereocenters. The third-order valence-corrected chi connectivity index (χ3v) is 7.27. The molecule has 8 heteroatoms. The summed E-state index contributed by atoms with van der Waals surface area (Å²) in [5.41, 5.74) is 2.96. The first-order valence-electron chi connectivity index (χ1n) is 12.0. The number of benzene rings is 1. The molecule has 1 fully saturated rings. The van der Waals surface area contributed by atoms with E-state index in [2.05, 4.69) is 18.7 Å². The Kier molecular flexibility index (Phi) is 8.03. The molecule has 6 nitrogen and oxygen atoms in total. The van der Waals surface area contributed by atoms with Gasteiger partial charge in [0.2, 0.25) is 0 Å². The van der Waals surface area contributed by atoms with E-state index in [1.165, 1.54) is 11.8 Å². The number of hydrogen-bond donors (Lipinski definition) is 0. The van der Waals surface area contributed by atoms with Crippen molar-refractivity contribution in [1.82, 2.24) is 14.3 Å². The van der Waals surface area contributed by atoms with Crippen molar-refractivity contribution in [3.05, 3.63) is 80.6 Å². The summed E-state index contributed by atoms with van der Waals surface area (Å²) in [5, 5.41) is 0. The van der Waals surface area contributed by atoms with Gasteiger partial charge in [-0.2, -0.15) is 0 Å². The lowest BCUT2D eigenvalue weighted by molar-refractivity contribution is -0.122. The smallest absolute Gasteiger partial charge is 0.267 e. The summed E-state index contributed by atoms with van der Waals surface area (Å²) in [6, 6.07) is 13.8. The maximum Gasteiger partial charge on any atom is 0.267 e. The summed E-state index contributed by atoms with van der Waals surface area (Å²) in [4.78, 5) is 36.1. The average Bonchev–Trinajstić information content (AvgIpc) is 3.12. The Hall–Kier alpha value is -2.97. The number of aryl methyl sites for hydroxylation is 1. The van der Waals surface area contributed by atoms with E-state index >= 15 is 0 Å². The van der Waals surface area contributed by atoms with Crippen molar-refractivity contribution in [2.45, 2.75) is 40.0 Å². The number of thioether (sulfide) groups is 1. The first kappa shape index (κ1) is 25.1. The number of anilines is 1. The summed E-state index contributed by atoms with van der Waals surface area (Å²) in [6.45, 7) is 8.22. The molecule has 0 unspecified atom stereocenters. The molecule has 1 aliphatic heterocycles. The second-order valence-electron chi connectivity index (χ2n) is 8.64. The lowest BCUT2D eigenvalue weighted by Gasteiger charge is -2.24. The normalized spacial score (nSPS) is 14.9. The maximum absolute atomic E-state index is 13.7. The van der Waals surface area contributed by atoms with Gasteiger partial charge in [0.05, 0.1) is 10.5 Å². The molecule has 4 rings (SSSR count). The van der Waals surface area contributed by atoms with Gasteiger partial charge < -0.3 is 4.90 Å². The number of carbonyl (C=O) groups is 1. The zero-order valence-corrected chi connectivity index (χ0v) is 22.0. The van der Waals surface area contributed by atoms with Gasteiger partial charge in [-0.1, -0.05) is 74.2 Å². The van der Waals surface area contributed by atoms with Gasteiger partial charge in [0.15, 0.2) is 0 Å². The molecule has 0 aliphatic carbocycles. The zero-order valence-electron chi connectivity index (χ0n) is 20.4. The SMILES string of the molecule is CCCN(CCC)c1nc2ccc(C)cn2c(=O)c1C=C1SC(=S)N(CCc2ccccc2)C1=O. The van der Waals surface area contributed by atoms with Crippen LogP contribution in [0.3, 0.4) is 0 Å². The van der Waals surface area contributed by atoms with Crippen LogP contribution in [-0.2, 0) is 11.2 Å². The van der Waals surface area contributed by atoms with Gasteiger partial charge in [0.25, 0.3) is 11.5 Å². The Labute approximate surface area is 215 Å². The van der Waals surface area contributed by atoms with Crippen molar-refractivity contribution in [1.29, 1.82) is 0 Å². The molecular formula is C27H30N4O2S2. The number of rotatable bonds is 9. The Morgan fingerprint density at radius 2 is 1.77 bits per heavy atom. The molecule has 0 N–H and O–H groups in total. The summed E-state index contributed by atoms with van der Waals surface area (Å²) < 4.78 is 2.08. The Balaban J connectivity index is 1.74. The summed E-state index contributed by atoms with van der Waals surface area (Å²) >= 11 is 6.79. The minimum atomic E-state index is -0.180. The van der Waals surface area contributed by atoms with Crippen molar-refractivity contribution in [2.24, 2.45) is 0 Å². The average molecular weight is 507 g/mol. The lowest BCUT2D eigenvalue weighted by atomic mass is 10.1. The Morgan fingerprint density at radius 1 is 1.06 bits per heavy atom. The van der Waals surface area contributed by atoms with Crippen molar-refractivity contribution in [2.75, 3.05) is 24.5 Å². The van der Waals surface area contributed by atoms with Gasteiger partial charge in [-0.05, 0) is 49.5 Å². The van der Waals surface area contributed by atoms with E-state index < -0.39 is 0 Å². The molecule has 3 heterocycles. The standard InChI is InChI=1S/C27H30N4O2S2/c1-4-14-29(15-5-2)24-21(25(32)31-18-19(3)11-12-23(31)28-24)17-22-26(33)30(27(34)35-22)16-13-20-9-7-6-8-10-20/h6-12,17-18H,4-5,13-16H2,1-3H3. The largest absolute Gasteiger partial charge is 0.356 e. The van der Waals surface area contributed by atoms with E-state index in [0.29, 0.717) is 39.2 Å². The predicted molar refractivity (Wildman–Crippen MR) is 149 cm³/mol. The van der Waals surface area contributed by atoms with Crippen LogP contribution >= 0.6 is 24.0 Å². The Morgan fingerprint density at radius 3 is 2.46 bits per heavy atom. The van der Waals surface area contributed by atoms with Crippen LogP contribution in [0.2, 0.25) is 0 Å². The first-order valence-corrected chi connectivity index (χ1v) is 13.2. The van der Waals surface area contributed by atoms with Gasteiger partial charge in [-0.25, -0.2) is 4.98 Å². The molecule has 2 aromatic heterocycles. The summed E-state index contributed by atoms with van der Waals surface area (Å²) in [5.74, 6) is 0.463. The summed E-state index contributed by atoms with van der Waals surface area (Å²) in [6.07, 6.45) is 6.05. The lowest BCUT2D eigenvalue weighted by Crippen LogP contribution is -2.31. The highest BCUT2D eigenvalue weighted by Gasteiger charge is 2.32. The summed E-state index contributed by atoms with van der Waals surface area (Å²) in [7, 11) is 0. The van der Waals surface area contributed by atoms with E-state index in [9.17, 15) is 9.59 Å². The predicted octanol–water partition coefficient (Wildman–Crippen LogP) is 5.07. The molecule has 1 aromatic carbocycles. The van der Waals surface area contributed by atoms with Gasteiger partial charge in [-0.15, -0.1) is 0 Å². The monoisotopic (exact) mass is 506 g/mol. The number of pyridine rings is 1. The third kappa shape index (κ3) is 5.49. The van der Waals surface area contributed by atoms with E-state index in [4.69, 9.17) is 17.2 Å². The number of fused-ring (bicyclic) bond motifs is 1. The topological polar surface area (TPSA) is 57.9 Å². The highest BCUT2D eigenvalue weighted by molar-refractivity contribution is 8.26. The van der Waals surface area contributed by atoms with Crippen LogP contribution in [0, 0.1) is 6.92 Å². The van der Waals surface area contributed by atoms with E-state index in [-0.39, 0.29) is 11.5 Å². The van der Waals surface area contributed by atoms with Crippen LogP contribution in [0.1, 0.15) is 43.4 Å². The molecular weight excluding hydrogens is 476 g/mol. The molecule has 3 aromatic rings. The highest BCUT2D eigenvalue weighted by atomic mass is 32.2. The quantitative estimate of drug-likeness (QED) is 0.298. The van der Waals surface area contributed by atoms with E-state index in [1.54, 1.807) is 21.6 Å². The minimum Gasteiger partial charge on any atom is -0.356 e. The van der Waals surface area contributed by atoms with Crippen molar-refractivity contribution >= 4 is 51.7 Å². The molecule has 182 valence electrons. The van der Waals surface area contributed by atoms with Gasteiger partial charge in [-0.3, -0.25) is 18.9 Å². The number of hydrogen-bond acceptors (Lipinski definition) is 6. The van der Waals surface area contributed by atoms with Gasteiger partial charge in [0, 0.05) is 25.8 Å². The third-order valence-electron chi connectivity index (χ3n) is 5.89. The second kappa shape index (κ2) is 11.2. The molecule has 1 aliphatic rings. The maximum atomic E-state index is 13.7. The molecule has 0 spiro atoms. The zero-order chi connectivity index (χ0) is 24.9. The van der Waals surface area contributed by atoms with Crippen LogP contribution in [0.15, 0.2) is 58.4 Å². The molecule has 35 heavy (non-hydrogen) atoms. The van der Waals surface area contributed by atoms with Crippen LogP contribution in [0.5, 0.6) is 0 Å². The molecule has 0 saturated carbocycles. The number of thiocarbonyl (C=S) groups is 1. The van der Waals surface area contributed by atoms with Crippen molar-refractivity contribution in [3.8, 4) is 0 Å². The fourth-order valence-electron chi connectivity index (χ4n) is 4.19. The number of aromatic nitrogens is 2. The molecule has 1 saturated heterocycles. The minimum absolute atomic E-state index is 0.159.